The normalized spacial score (nSPS) is 18.6. The Morgan fingerprint density at radius 3 is 1.80 bits per heavy atom. The van der Waals surface area contributed by atoms with Crippen LogP contribution in [-0.2, 0) is 32.0 Å². The second-order valence-electron chi connectivity index (χ2n) is 16.2. The van der Waals surface area contributed by atoms with Crippen molar-refractivity contribution in [2.75, 3.05) is 45.8 Å². The van der Waals surface area contributed by atoms with Crippen LogP contribution in [0, 0.1) is 11.3 Å². The Labute approximate surface area is 326 Å². The number of hydrogen-bond acceptors (Lipinski definition) is 7. The van der Waals surface area contributed by atoms with E-state index in [0.717, 1.165) is 63.0 Å². The van der Waals surface area contributed by atoms with Gasteiger partial charge >= 0.3 is 6.03 Å². The van der Waals surface area contributed by atoms with Crippen LogP contribution in [0.1, 0.15) is 76.3 Å². The molecule has 0 aromatic heterocycles. The smallest absolute Gasteiger partial charge is 0.320 e. The lowest BCUT2D eigenvalue weighted by molar-refractivity contribution is -0.141. The van der Waals surface area contributed by atoms with Gasteiger partial charge < -0.3 is 42.1 Å². The summed E-state index contributed by atoms with van der Waals surface area (Å²) in [6, 6.07) is 15.4. The monoisotopic (exact) mass is 758 g/mol. The van der Waals surface area contributed by atoms with Gasteiger partial charge in [0.2, 0.25) is 23.6 Å². The molecule has 3 heterocycles. The number of benzene rings is 2. The molecule has 3 aliphatic rings. The average molecular weight is 759 g/mol. The number of piperidine rings is 1. The number of hydrogen-bond donors (Lipinski definition) is 5. The van der Waals surface area contributed by atoms with Gasteiger partial charge in [-0.1, -0.05) is 74.5 Å². The summed E-state index contributed by atoms with van der Waals surface area (Å²) in [5.41, 5.74) is 13.9. The lowest BCUT2D eigenvalue weighted by atomic mass is 9.72. The van der Waals surface area contributed by atoms with Crippen molar-refractivity contribution in [3.8, 4) is 0 Å². The molecule has 0 aliphatic carbocycles. The maximum absolute atomic E-state index is 14.1. The van der Waals surface area contributed by atoms with Crippen LogP contribution < -0.4 is 27.4 Å². The van der Waals surface area contributed by atoms with E-state index in [2.05, 4.69) is 16.0 Å². The van der Waals surface area contributed by atoms with Crippen molar-refractivity contribution >= 4 is 29.7 Å². The Balaban J connectivity index is 1.22. The fourth-order valence-electron chi connectivity index (χ4n) is 8.04. The van der Waals surface area contributed by atoms with Gasteiger partial charge in [0.15, 0.2) is 0 Å². The first-order valence-corrected chi connectivity index (χ1v) is 20.2. The summed E-state index contributed by atoms with van der Waals surface area (Å²) in [4.78, 5) is 74.1. The Hall–Kier alpha value is -4.49. The summed E-state index contributed by atoms with van der Waals surface area (Å²) in [6.45, 7) is 8.64. The molecule has 6 amide bonds. The van der Waals surface area contributed by atoms with Gasteiger partial charge in [-0.3, -0.25) is 19.2 Å². The zero-order valence-corrected chi connectivity index (χ0v) is 32.7. The fraction of sp³-hybridized carbons (Fsp3) is 0.595. The fourth-order valence-corrected chi connectivity index (χ4v) is 8.04. The predicted octanol–water partition coefficient (Wildman–Crippen LogP) is 2.57. The molecular weight excluding hydrogens is 697 g/mol. The van der Waals surface area contributed by atoms with Crippen molar-refractivity contribution in [2.45, 2.75) is 102 Å². The van der Waals surface area contributed by atoms with E-state index in [-0.39, 0.29) is 29.7 Å². The van der Waals surface area contributed by atoms with Gasteiger partial charge in [0.1, 0.15) is 18.1 Å². The Morgan fingerprint density at radius 2 is 1.22 bits per heavy atom. The summed E-state index contributed by atoms with van der Waals surface area (Å²) >= 11 is 0. The minimum atomic E-state index is -0.991. The van der Waals surface area contributed by atoms with E-state index in [1.54, 1.807) is 0 Å². The molecule has 0 saturated carbocycles. The van der Waals surface area contributed by atoms with E-state index in [1.165, 1.54) is 0 Å². The number of rotatable bonds is 17. The van der Waals surface area contributed by atoms with Crippen molar-refractivity contribution in [2.24, 2.45) is 22.8 Å². The van der Waals surface area contributed by atoms with Crippen LogP contribution in [0.4, 0.5) is 4.79 Å². The molecule has 0 bridgehead atoms. The molecule has 13 heteroatoms. The SMILES string of the molecule is CC(C)C[C@@H](NC(=O)[C@@H](Cc1ccccc1)NC(=O)[C@H](N)Cc1ccccc1)C(=O)N[C@H](CCCCN)C(=O)N1CCC2(CC1)CN(C(=O)N1CCCC1)C2. The molecule has 2 aromatic carbocycles. The average Bonchev–Trinajstić information content (AvgIpc) is 3.72. The minimum Gasteiger partial charge on any atom is -0.343 e. The van der Waals surface area contributed by atoms with Crippen LogP contribution in [0.5, 0.6) is 0 Å². The van der Waals surface area contributed by atoms with Crippen LogP contribution >= 0.6 is 0 Å². The molecule has 13 nitrogen and oxygen atoms in total. The molecule has 3 fully saturated rings. The maximum atomic E-state index is 14.1. The van der Waals surface area contributed by atoms with E-state index >= 15 is 0 Å². The number of amides is 6. The predicted molar refractivity (Wildman–Crippen MR) is 212 cm³/mol. The zero-order valence-electron chi connectivity index (χ0n) is 32.7. The first-order chi connectivity index (χ1) is 26.5. The number of carbonyl (C=O) groups excluding carboxylic acids is 5. The highest BCUT2D eigenvalue weighted by molar-refractivity contribution is 5.95. The summed E-state index contributed by atoms with van der Waals surface area (Å²) in [7, 11) is 0. The first kappa shape index (κ1) is 41.7. The van der Waals surface area contributed by atoms with E-state index in [4.69, 9.17) is 11.5 Å². The molecule has 3 saturated heterocycles. The topological polar surface area (TPSA) is 183 Å². The minimum absolute atomic E-state index is 0.0360. The molecule has 55 heavy (non-hydrogen) atoms. The Morgan fingerprint density at radius 1 is 0.673 bits per heavy atom. The molecule has 2 aromatic rings. The number of nitrogens with two attached hydrogens (primary N) is 2. The van der Waals surface area contributed by atoms with Crippen LogP contribution in [-0.4, -0.2) is 114 Å². The van der Waals surface area contributed by atoms with Crippen LogP contribution in [0.15, 0.2) is 60.7 Å². The third-order valence-corrected chi connectivity index (χ3v) is 11.3. The van der Waals surface area contributed by atoms with E-state index in [0.29, 0.717) is 51.7 Å². The van der Waals surface area contributed by atoms with Crippen LogP contribution in [0.2, 0.25) is 0 Å². The number of urea groups is 1. The maximum Gasteiger partial charge on any atom is 0.320 e. The van der Waals surface area contributed by atoms with E-state index in [9.17, 15) is 24.0 Å². The van der Waals surface area contributed by atoms with Gasteiger partial charge in [0.25, 0.3) is 0 Å². The molecule has 0 radical (unpaired) electrons. The number of nitrogens with zero attached hydrogens (tertiary/aromatic N) is 3. The van der Waals surface area contributed by atoms with Crippen LogP contribution in [0.3, 0.4) is 0 Å². The second kappa shape index (κ2) is 19.9. The highest BCUT2D eigenvalue weighted by atomic mass is 16.2. The largest absolute Gasteiger partial charge is 0.343 e. The summed E-state index contributed by atoms with van der Waals surface area (Å²) in [6.07, 6.45) is 6.38. The van der Waals surface area contributed by atoms with Gasteiger partial charge in [-0.05, 0) is 81.4 Å². The number of unbranched alkanes of at least 4 members (excludes halogenated alkanes) is 1. The summed E-state index contributed by atoms with van der Waals surface area (Å²) < 4.78 is 0. The third-order valence-electron chi connectivity index (χ3n) is 11.3. The molecule has 4 atom stereocenters. The molecule has 1 spiro atoms. The Kier molecular flexibility index (Phi) is 15.1. The van der Waals surface area contributed by atoms with Crippen molar-refractivity contribution in [1.82, 2.24) is 30.7 Å². The lowest BCUT2D eigenvalue weighted by Crippen LogP contribution is -2.65. The van der Waals surface area contributed by atoms with Gasteiger partial charge in [-0.2, -0.15) is 0 Å². The molecule has 7 N–H and O–H groups in total. The molecule has 300 valence electrons. The second-order valence-corrected chi connectivity index (χ2v) is 16.2. The van der Waals surface area contributed by atoms with Gasteiger partial charge in [0, 0.05) is 51.1 Å². The summed E-state index contributed by atoms with van der Waals surface area (Å²) in [5.74, 6) is -1.51. The van der Waals surface area contributed by atoms with E-state index < -0.39 is 41.9 Å². The highest BCUT2D eigenvalue weighted by Crippen LogP contribution is 2.41. The van der Waals surface area contributed by atoms with Crippen molar-refractivity contribution in [3.05, 3.63) is 71.8 Å². The van der Waals surface area contributed by atoms with Gasteiger partial charge in [0.05, 0.1) is 6.04 Å². The molecule has 3 aliphatic heterocycles. The van der Waals surface area contributed by atoms with Gasteiger partial charge in [-0.25, -0.2) is 4.79 Å². The first-order valence-electron chi connectivity index (χ1n) is 20.2. The quantitative estimate of drug-likeness (QED) is 0.154. The lowest BCUT2D eigenvalue weighted by Gasteiger charge is -2.54. The summed E-state index contributed by atoms with van der Waals surface area (Å²) in [5, 5.41) is 8.79. The number of carbonyl (C=O) groups is 5. The van der Waals surface area contributed by atoms with Crippen molar-refractivity contribution in [1.29, 1.82) is 0 Å². The number of nitrogens with one attached hydrogen (secondary N) is 3. The molecular formula is C42H62N8O5. The standard InChI is InChI=1S/C42H62N8O5/c1-30(2)25-35(47-39(53)36(27-32-15-7-4-8-16-32)46-37(51)33(44)26-31-13-5-3-6-14-31)38(52)45-34(17-9-10-20-43)40(54)48-23-18-42(19-24-48)28-50(29-42)41(55)49-21-11-12-22-49/h3-8,13-16,30,33-36H,9-12,17-29,43-44H2,1-2H3,(H,45,52)(H,46,51)(H,47,53)/t33-,34-,35-,36-/m1/s1. The molecule has 0 unspecified atom stereocenters. The highest BCUT2D eigenvalue weighted by Gasteiger charge is 2.48. The Bertz CT molecular complexity index is 1570. The number of likely N-dealkylation sites (tertiary alicyclic amines) is 3. The van der Waals surface area contributed by atoms with Crippen molar-refractivity contribution < 1.29 is 24.0 Å². The third kappa shape index (κ3) is 11.8. The van der Waals surface area contributed by atoms with E-state index in [1.807, 2.05) is 89.2 Å². The van der Waals surface area contributed by atoms with Crippen LogP contribution in [0.25, 0.3) is 0 Å². The zero-order chi connectivity index (χ0) is 39.4. The van der Waals surface area contributed by atoms with Crippen molar-refractivity contribution in [3.63, 3.8) is 0 Å². The van der Waals surface area contributed by atoms with Gasteiger partial charge in [-0.15, -0.1) is 0 Å². The molecule has 5 rings (SSSR count).